The normalized spacial score (nSPS) is 14.3. The first-order valence-corrected chi connectivity index (χ1v) is 9.84. The monoisotopic (exact) mass is 423 g/mol. The summed E-state index contributed by atoms with van der Waals surface area (Å²) >= 11 is 0. The number of hydrogen-bond acceptors (Lipinski definition) is 6. The highest BCUT2D eigenvalue weighted by Gasteiger charge is 2.26. The lowest BCUT2D eigenvalue weighted by atomic mass is 9.95. The van der Waals surface area contributed by atoms with Gasteiger partial charge in [0.1, 0.15) is 17.7 Å². The fraction of sp³-hybridized carbons (Fsp3) is 0.273. The molecule has 0 radical (unpaired) electrons. The molecule has 158 valence electrons. The molecule has 31 heavy (non-hydrogen) atoms. The number of benzene rings is 2. The predicted molar refractivity (Wildman–Crippen MR) is 108 cm³/mol. The Morgan fingerprint density at radius 1 is 1.19 bits per heavy atom. The van der Waals surface area contributed by atoms with Crippen LogP contribution in [0.2, 0.25) is 0 Å². The Labute approximate surface area is 177 Å². The molecule has 1 fully saturated rings. The van der Waals surface area contributed by atoms with Gasteiger partial charge in [0.15, 0.2) is 0 Å². The summed E-state index contributed by atoms with van der Waals surface area (Å²) in [5.41, 5.74) is 1.46. The molecule has 7 nitrogen and oxygen atoms in total. The standard InChI is InChI=1S/C22H19F2N5O2/c23-17-3-1-2-15(10-17)21-27-20(31-28-21)13-26-22(30)14-6-8-29(9-7-14)19-5-4-18(24)11-16(19)12-25/h1-5,10-11,14H,6-9,13H2,(H,26,30). The number of anilines is 1. The van der Waals surface area contributed by atoms with Gasteiger partial charge in [0.05, 0.1) is 17.8 Å². The number of rotatable bonds is 5. The Balaban J connectivity index is 1.31. The minimum atomic E-state index is -0.448. The molecule has 0 bridgehead atoms. The maximum absolute atomic E-state index is 13.4. The Bertz CT molecular complexity index is 1130. The summed E-state index contributed by atoms with van der Waals surface area (Å²) in [6.45, 7) is 1.25. The van der Waals surface area contributed by atoms with Crippen molar-refractivity contribution in [3.8, 4) is 17.5 Å². The number of halogens is 2. The van der Waals surface area contributed by atoms with E-state index >= 15 is 0 Å². The van der Waals surface area contributed by atoms with E-state index < -0.39 is 11.6 Å². The zero-order valence-corrected chi connectivity index (χ0v) is 16.5. The van der Waals surface area contributed by atoms with E-state index in [9.17, 15) is 18.8 Å². The van der Waals surface area contributed by atoms with E-state index in [4.69, 9.17) is 4.52 Å². The van der Waals surface area contributed by atoms with Crippen LogP contribution in [0.5, 0.6) is 0 Å². The summed E-state index contributed by atoms with van der Waals surface area (Å²) in [4.78, 5) is 18.7. The molecule has 1 aliphatic heterocycles. The summed E-state index contributed by atoms with van der Waals surface area (Å²) in [5, 5.41) is 15.9. The van der Waals surface area contributed by atoms with E-state index in [0.29, 0.717) is 37.2 Å². The van der Waals surface area contributed by atoms with Crippen molar-refractivity contribution >= 4 is 11.6 Å². The maximum Gasteiger partial charge on any atom is 0.246 e. The fourth-order valence-corrected chi connectivity index (χ4v) is 3.63. The Hall–Kier alpha value is -3.80. The molecule has 0 aliphatic carbocycles. The van der Waals surface area contributed by atoms with Crippen molar-refractivity contribution in [2.45, 2.75) is 19.4 Å². The Morgan fingerprint density at radius 2 is 1.97 bits per heavy atom. The van der Waals surface area contributed by atoms with Crippen LogP contribution in [0.3, 0.4) is 0 Å². The van der Waals surface area contributed by atoms with Crippen LogP contribution < -0.4 is 10.2 Å². The molecule has 2 aromatic carbocycles. The lowest BCUT2D eigenvalue weighted by Gasteiger charge is -2.33. The fourth-order valence-electron chi connectivity index (χ4n) is 3.63. The molecule has 0 saturated carbocycles. The topological polar surface area (TPSA) is 95.1 Å². The van der Waals surface area contributed by atoms with Gasteiger partial charge in [-0.1, -0.05) is 17.3 Å². The van der Waals surface area contributed by atoms with Crippen molar-refractivity contribution in [1.82, 2.24) is 15.5 Å². The number of nitrogens with one attached hydrogen (secondary N) is 1. The molecule has 1 N–H and O–H groups in total. The second-order valence-electron chi connectivity index (χ2n) is 7.27. The highest BCUT2D eigenvalue weighted by atomic mass is 19.1. The maximum atomic E-state index is 13.4. The van der Waals surface area contributed by atoms with Crippen LogP contribution in [0.25, 0.3) is 11.4 Å². The first-order valence-electron chi connectivity index (χ1n) is 9.84. The zero-order chi connectivity index (χ0) is 21.8. The van der Waals surface area contributed by atoms with Crippen molar-refractivity contribution < 1.29 is 18.1 Å². The lowest BCUT2D eigenvalue weighted by Crippen LogP contribution is -2.40. The number of aromatic nitrogens is 2. The average Bonchev–Trinajstić information content (AvgIpc) is 3.27. The van der Waals surface area contributed by atoms with Gasteiger partial charge in [-0.2, -0.15) is 10.2 Å². The van der Waals surface area contributed by atoms with Gasteiger partial charge in [-0.25, -0.2) is 8.78 Å². The van der Waals surface area contributed by atoms with E-state index in [-0.39, 0.29) is 35.6 Å². The van der Waals surface area contributed by atoms with Crippen molar-refractivity contribution in [2.24, 2.45) is 5.92 Å². The minimum absolute atomic E-state index is 0.0813. The van der Waals surface area contributed by atoms with Crippen molar-refractivity contribution in [1.29, 1.82) is 5.26 Å². The molecule has 0 unspecified atom stereocenters. The number of hydrogen-bond donors (Lipinski definition) is 1. The molecule has 1 amide bonds. The lowest BCUT2D eigenvalue weighted by molar-refractivity contribution is -0.125. The first kappa shape index (κ1) is 20.5. The van der Waals surface area contributed by atoms with Gasteiger partial charge in [0, 0.05) is 24.6 Å². The highest BCUT2D eigenvalue weighted by Crippen LogP contribution is 2.27. The minimum Gasteiger partial charge on any atom is -0.370 e. The number of nitriles is 1. The third kappa shape index (κ3) is 4.69. The van der Waals surface area contributed by atoms with Crippen LogP contribution >= 0.6 is 0 Å². The molecule has 0 spiro atoms. The van der Waals surface area contributed by atoms with E-state index in [1.165, 1.54) is 24.3 Å². The number of carbonyl (C=O) groups is 1. The second-order valence-corrected chi connectivity index (χ2v) is 7.27. The van der Waals surface area contributed by atoms with Gasteiger partial charge in [-0.05, 0) is 43.2 Å². The smallest absolute Gasteiger partial charge is 0.246 e. The van der Waals surface area contributed by atoms with Crippen LogP contribution in [0.15, 0.2) is 47.0 Å². The SMILES string of the molecule is N#Cc1cc(F)ccc1N1CCC(C(=O)NCc2nc(-c3cccc(F)c3)no2)CC1. The molecule has 1 aliphatic rings. The second kappa shape index (κ2) is 8.92. The molecule has 1 aromatic heterocycles. The van der Waals surface area contributed by atoms with Crippen molar-refractivity contribution in [3.05, 3.63) is 65.6 Å². The van der Waals surface area contributed by atoms with Crippen LogP contribution in [-0.4, -0.2) is 29.1 Å². The van der Waals surface area contributed by atoms with E-state index in [2.05, 4.69) is 15.5 Å². The molecule has 1 saturated heterocycles. The van der Waals surface area contributed by atoms with E-state index in [0.717, 1.165) is 0 Å². The molecule has 2 heterocycles. The molecule has 9 heteroatoms. The van der Waals surface area contributed by atoms with Gasteiger partial charge in [-0.3, -0.25) is 4.79 Å². The van der Waals surface area contributed by atoms with Crippen LogP contribution in [0, 0.1) is 28.9 Å². The predicted octanol–water partition coefficient (Wildman–Crippen LogP) is 3.42. The molecular formula is C22H19F2N5O2. The Morgan fingerprint density at radius 3 is 2.71 bits per heavy atom. The largest absolute Gasteiger partial charge is 0.370 e. The van der Waals surface area contributed by atoms with Crippen LogP contribution in [0.4, 0.5) is 14.5 Å². The highest BCUT2D eigenvalue weighted by molar-refractivity contribution is 5.79. The average molecular weight is 423 g/mol. The van der Waals surface area contributed by atoms with E-state index in [1.807, 2.05) is 11.0 Å². The first-order chi connectivity index (χ1) is 15.0. The quantitative estimate of drug-likeness (QED) is 0.676. The van der Waals surface area contributed by atoms with Gasteiger partial charge >= 0.3 is 0 Å². The summed E-state index contributed by atoms with van der Waals surface area (Å²) in [7, 11) is 0. The molecule has 4 rings (SSSR count). The molecule has 3 aromatic rings. The van der Waals surface area contributed by atoms with Crippen LogP contribution in [0.1, 0.15) is 24.3 Å². The number of amides is 1. The summed E-state index contributed by atoms with van der Waals surface area (Å²) in [6, 6.07) is 12.0. The number of piperidine rings is 1. The van der Waals surface area contributed by atoms with Crippen molar-refractivity contribution in [3.63, 3.8) is 0 Å². The summed E-state index contributed by atoms with van der Waals surface area (Å²) in [6.07, 6.45) is 1.21. The van der Waals surface area contributed by atoms with Crippen LogP contribution in [-0.2, 0) is 11.3 Å². The third-order valence-corrected chi connectivity index (χ3v) is 5.25. The van der Waals surface area contributed by atoms with Gasteiger partial charge < -0.3 is 14.7 Å². The third-order valence-electron chi connectivity index (χ3n) is 5.25. The molecule has 0 atom stereocenters. The van der Waals surface area contributed by atoms with Gasteiger partial charge in [0.25, 0.3) is 0 Å². The van der Waals surface area contributed by atoms with Gasteiger partial charge in [-0.15, -0.1) is 0 Å². The van der Waals surface area contributed by atoms with E-state index in [1.54, 1.807) is 18.2 Å². The zero-order valence-electron chi connectivity index (χ0n) is 16.5. The number of nitrogens with zero attached hydrogens (tertiary/aromatic N) is 4. The van der Waals surface area contributed by atoms with Gasteiger partial charge in [0.2, 0.25) is 17.6 Å². The number of carbonyl (C=O) groups excluding carboxylic acids is 1. The summed E-state index contributed by atoms with van der Waals surface area (Å²) < 4.78 is 31.8. The van der Waals surface area contributed by atoms with Crippen molar-refractivity contribution in [2.75, 3.05) is 18.0 Å². The Kier molecular flexibility index (Phi) is 5.89. The summed E-state index contributed by atoms with van der Waals surface area (Å²) in [5.74, 6) is -0.667. The molecular weight excluding hydrogens is 404 g/mol.